The molecule has 1 amide bonds. The van der Waals surface area contributed by atoms with Crippen molar-refractivity contribution in [2.24, 2.45) is 0 Å². The van der Waals surface area contributed by atoms with Crippen LogP contribution in [0.25, 0.3) is 0 Å². The number of anilines is 1. The van der Waals surface area contributed by atoms with Crippen LogP contribution in [0.15, 0.2) is 30.6 Å². The largest absolute Gasteiger partial charge is 0.280 e. The molecular weight excluding hydrogens is 214 g/mol. The summed E-state index contributed by atoms with van der Waals surface area (Å²) in [5.74, 6) is 0.0486. The molecule has 1 aliphatic rings. The van der Waals surface area contributed by atoms with Gasteiger partial charge in [0.2, 0.25) is 5.91 Å². The van der Waals surface area contributed by atoms with E-state index in [9.17, 15) is 4.79 Å². The van der Waals surface area contributed by atoms with Crippen LogP contribution in [0.5, 0.6) is 0 Å². The summed E-state index contributed by atoms with van der Waals surface area (Å²) in [6.07, 6.45) is 5.65. The average molecular weight is 224 g/mol. The first-order valence-corrected chi connectivity index (χ1v) is 4.90. The normalized spacial score (nSPS) is 14.8. The van der Waals surface area contributed by atoms with E-state index in [-0.39, 0.29) is 5.91 Å². The van der Waals surface area contributed by atoms with E-state index in [0.29, 0.717) is 11.6 Å². The Hall–Kier alpha value is -1.55. The lowest BCUT2D eigenvalue weighted by molar-refractivity contribution is -0.126. The maximum absolute atomic E-state index is 11.4. The molecule has 0 atom stereocenters. The average Bonchev–Trinajstić information content (AvgIpc) is 2.65. The first-order chi connectivity index (χ1) is 7.18. The van der Waals surface area contributed by atoms with Crippen LogP contribution in [0.1, 0.15) is 6.42 Å². The van der Waals surface area contributed by atoms with Gasteiger partial charge in [0.15, 0.2) is 0 Å². The number of pyridine rings is 1. The number of hydrazine groups is 1. The van der Waals surface area contributed by atoms with E-state index >= 15 is 0 Å². The summed E-state index contributed by atoms with van der Waals surface area (Å²) in [6, 6.07) is 3.51. The molecule has 15 heavy (non-hydrogen) atoms. The molecule has 0 N–H and O–H groups in total. The molecule has 4 nitrogen and oxygen atoms in total. The van der Waals surface area contributed by atoms with Gasteiger partial charge in [-0.3, -0.25) is 9.80 Å². The van der Waals surface area contributed by atoms with Crippen molar-refractivity contribution in [1.82, 2.24) is 9.99 Å². The van der Waals surface area contributed by atoms with Crippen molar-refractivity contribution in [3.8, 4) is 0 Å². The van der Waals surface area contributed by atoms with Crippen molar-refractivity contribution in [2.45, 2.75) is 6.42 Å². The van der Waals surface area contributed by atoms with Crippen LogP contribution in [-0.2, 0) is 4.79 Å². The Kier molecular flexibility index (Phi) is 2.60. The van der Waals surface area contributed by atoms with E-state index in [1.165, 1.54) is 0 Å². The highest BCUT2D eigenvalue weighted by Crippen LogP contribution is 2.18. The number of halogens is 1. The minimum Gasteiger partial charge on any atom is -0.280 e. The summed E-state index contributed by atoms with van der Waals surface area (Å²) in [5.41, 5.74) is 0.819. The Labute approximate surface area is 92.7 Å². The number of rotatable bonds is 2. The minimum atomic E-state index is 0.0486. The van der Waals surface area contributed by atoms with Crippen molar-refractivity contribution < 1.29 is 4.79 Å². The second-order valence-electron chi connectivity index (χ2n) is 3.19. The van der Waals surface area contributed by atoms with Crippen LogP contribution in [0.4, 0.5) is 5.69 Å². The van der Waals surface area contributed by atoms with E-state index in [1.54, 1.807) is 35.5 Å². The molecule has 0 aliphatic carbocycles. The fraction of sp³-hybridized carbons (Fsp3) is 0.200. The smallest absolute Gasteiger partial charge is 0.249 e. The number of hydrogen-bond donors (Lipinski definition) is 0. The third kappa shape index (κ3) is 1.94. The van der Waals surface area contributed by atoms with Crippen LogP contribution in [-0.4, -0.2) is 22.9 Å². The summed E-state index contributed by atoms with van der Waals surface area (Å²) >= 11 is 5.68. The third-order valence-corrected chi connectivity index (χ3v) is 2.43. The summed E-state index contributed by atoms with van der Waals surface area (Å²) in [4.78, 5) is 15.4. The van der Waals surface area contributed by atoms with Gasteiger partial charge >= 0.3 is 0 Å². The molecule has 1 aromatic heterocycles. The highest BCUT2D eigenvalue weighted by molar-refractivity contribution is 6.29. The zero-order valence-corrected chi connectivity index (χ0v) is 8.98. The fourth-order valence-electron chi connectivity index (χ4n) is 1.38. The molecule has 0 fully saturated rings. The van der Waals surface area contributed by atoms with E-state index in [0.717, 1.165) is 5.69 Å². The number of nitrogens with zero attached hydrogens (tertiary/aromatic N) is 3. The summed E-state index contributed by atoms with van der Waals surface area (Å²) in [5, 5.41) is 3.72. The summed E-state index contributed by atoms with van der Waals surface area (Å²) < 4.78 is 0. The van der Waals surface area contributed by atoms with Crippen molar-refractivity contribution >= 4 is 23.2 Å². The van der Waals surface area contributed by atoms with E-state index < -0.39 is 0 Å². The van der Waals surface area contributed by atoms with Gasteiger partial charge < -0.3 is 0 Å². The maximum atomic E-state index is 11.4. The van der Waals surface area contributed by atoms with Gasteiger partial charge in [-0.05, 0) is 12.1 Å². The molecule has 0 saturated carbocycles. The predicted molar refractivity (Wildman–Crippen MR) is 58.3 cm³/mol. The van der Waals surface area contributed by atoms with Crippen LogP contribution in [0.3, 0.4) is 0 Å². The van der Waals surface area contributed by atoms with Gasteiger partial charge in [-0.15, -0.1) is 0 Å². The highest BCUT2D eigenvalue weighted by atomic mass is 35.5. The van der Waals surface area contributed by atoms with Crippen LogP contribution >= 0.6 is 11.6 Å². The Morgan fingerprint density at radius 2 is 2.33 bits per heavy atom. The van der Waals surface area contributed by atoms with Gasteiger partial charge in [0.05, 0.1) is 11.9 Å². The third-order valence-electron chi connectivity index (χ3n) is 2.20. The topological polar surface area (TPSA) is 36.4 Å². The molecule has 1 aliphatic heterocycles. The van der Waals surface area contributed by atoms with Gasteiger partial charge in [-0.25, -0.2) is 9.99 Å². The van der Waals surface area contributed by atoms with Crippen LogP contribution < -0.4 is 5.01 Å². The Balaban J connectivity index is 2.20. The minimum absolute atomic E-state index is 0.0486. The first kappa shape index (κ1) is 9.98. The molecule has 78 valence electrons. The second-order valence-corrected chi connectivity index (χ2v) is 3.58. The summed E-state index contributed by atoms with van der Waals surface area (Å²) in [6.45, 7) is 0. The van der Waals surface area contributed by atoms with Crippen molar-refractivity contribution in [3.63, 3.8) is 0 Å². The molecule has 0 saturated heterocycles. The van der Waals surface area contributed by atoms with Gasteiger partial charge in [0.1, 0.15) is 5.15 Å². The standard InChI is InChI=1S/C10H10ClN3O/c1-13(14-6-2-3-10(14)15)8-4-5-9(11)12-7-8/h2,4-7H,3H2,1H3. The first-order valence-electron chi connectivity index (χ1n) is 4.52. The SMILES string of the molecule is CN(c1ccc(Cl)nc1)N1C=CCC1=O. The molecule has 0 bridgehead atoms. The lowest BCUT2D eigenvalue weighted by Crippen LogP contribution is -2.37. The maximum Gasteiger partial charge on any atom is 0.249 e. The Bertz CT molecular complexity index is 402. The number of hydrogen-bond acceptors (Lipinski definition) is 3. The fourth-order valence-corrected chi connectivity index (χ4v) is 1.49. The van der Waals surface area contributed by atoms with Crippen LogP contribution in [0.2, 0.25) is 5.15 Å². The number of aromatic nitrogens is 1. The van der Waals surface area contributed by atoms with Crippen molar-refractivity contribution in [1.29, 1.82) is 0 Å². The Morgan fingerprint density at radius 1 is 1.53 bits per heavy atom. The molecule has 5 heteroatoms. The molecule has 0 radical (unpaired) electrons. The molecule has 0 unspecified atom stereocenters. The molecule has 2 rings (SSSR count). The molecule has 1 aromatic rings. The number of carbonyl (C=O) groups excluding carboxylic acids is 1. The second kappa shape index (κ2) is 3.90. The lowest BCUT2D eigenvalue weighted by Gasteiger charge is -2.27. The summed E-state index contributed by atoms with van der Waals surface area (Å²) in [7, 11) is 1.80. The Morgan fingerprint density at radius 3 is 2.87 bits per heavy atom. The number of carbonyl (C=O) groups is 1. The van der Waals surface area contributed by atoms with Crippen molar-refractivity contribution in [3.05, 3.63) is 35.8 Å². The van der Waals surface area contributed by atoms with Gasteiger partial charge in [-0.1, -0.05) is 17.7 Å². The molecule has 0 spiro atoms. The van der Waals surface area contributed by atoms with Gasteiger partial charge in [-0.2, -0.15) is 0 Å². The van der Waals surface area contributed by atoms with Crippen LogP contribution in [0, 0.1) is 0 Å². The van der Waals surface area contributed by atoms with Gasteiger partial charge in [0.25, 0.3) is 0 Å². The van der Waals surface area contributed by atoms with E-state index in [4.69, 9.17) is 11.6 Å². The molecule has 2 heterocycles. The van der Waals surface area contributed by atoms with Crippen molar-refractivity contribution in [2.75, 3.05) is 12.1 Å². The van der Waals surface area contributed by atoms with Gasteiger partial charge in [0, 0.05) is 19.7 Å². The lowest BCUT2D eigenvalue weighted by atomic mass is 10.4. The zero-order valence-electron chi connectivity index (χ0n) is 8.22. The monoisotopic (exact) mass is 223 g/mol. The highest BCUT2D eigenvalue weighted by Gasteiger charge is 2.19. The zero-order chi connectivity index (χ0) is 10.8. The molecule has 0 aromatic carbocycles. The number of amides is 1. The van der Waals surface area contributed by atoms with E-state index in [1.807, 2.05) is 12.1 Å². The quantitative estimate of drug-likeness (QED) is 0.718. The predicted octanol–water partition coefficient (Wildman–Crippen LogP) is 1.83. The van der Waals surface area contributed by atoms with E-state index in [2.05, 4.69) is 4.98 Å². The molecular formula is C10H10ClN3O.